The van der Waals surface area contributed by atoms with E-state index in [1.165, 1.54) is 0 Å². The third-order valence-electron chi connectivity index (χ3n) is 1.20. The summed E-state index contributed by atoms with van der Waals surface area (Å²) in [5.41, 5.74) is 0. The Labute approximate surface area is 62.4 Å². The molecule has 0 aliphatic carbocycles. The molecule has 0 spiro atoms. The molecular weight excluding hydrogens is 219 g/mol. The fraction of sp³-hybridized carbons (Fsp3) is 1.00. The average molecular weight is 228 g/mol. The Morgan fingerprint density at radius 3 is 2.62 bits per heavy atom. The summed E-state index contributed by atoms with van der Waals surface area (Å²) in [5, 5.41) is 8.90. The molecule has 48 valence electrons. The number of alkyl halides is 1. The minimum Gasteiger partial charge on any atom is -0.391 e. The molecule has 8 heavy (non-hydrogen) atoms. The fourth-order valence-corrected chi connectivity index (χ4v) is 1.27. The fourth-order valence-electron chi connectivity index (χ4n) is 0.706. The molecule has 0 bridgehead atoms. The first-order valence-electron chi connectivity index (χ1n) is 2.73. The van der Waals surface area contributed by atoms with E-state index in [-0.39, 0.29) is 6.10 Å². The van der Waals surface area contributed by atoms with Crippen molar-refractivity contribution in [1.82, 2.24) is 0 Å². The second kappa shape index (κ2) is 2.98. The highest BCUT2D eigenvalue weighted by Crippen LogP contribution is 2.17. The van der Waals surface area contributed by atoms with Crippen LogP contribution in [0.5, 0.6) is 0 Å². The van der Waals surface area contributed by atoms with Gasteiger partial charge in [0.2, 0.25) is 0 Å². The molecule has 1 rings (SSSR count). The van der Waals surface area contributed by atoms with Crippen LogP contribution in [0.15, 0.2) is 0 Å². The van der Waals surface area contributed by atoms with Gasteiger partial charge in [-0.05, 0) is 12.8 Å². The van der Waals surface area contributed by atoms with Crippen molar-refractivity contribution in [2.24, 2.45) is 0 Å². The van der Waals surface area contributed by atoms with Gasteiger partial charge in [-0.25, -0.2) is 0 Å². The first-order chi connectivity index (χ1) is 3.79. The highest BCUT2D eigenvalue weighted by atomic mass is 127. The number of halogens is 1. The summed E-state index contributed by atoms with van der Waals surface area (Å²) >= 11 is 2.23. The Bertz CT molecular complexity index is 58.8. The number of hydrogen-bond donors (Lipinski definition) is 1. The van der Waals surface area contributed by atoms with Gasteiger partial charge in [0.05, 0.1) is 12.7 Å². The van der Waals surface area contributed by atoms with Crippen LogP contribution in [0.4, 0.5) is 0 Å². The lowest BCUT2D eigenvalue weighted by molar-refractivity contribution is -0.0134. The Hall–Kier alpha value is 0.650. The molecule has 0 amide bonds. The van der Waals surface area contributed by atoms with Crippen LogP contribution in [0.25, 0.3) is 0 Å². The summed E-state index contributed by atoms with van der Waals surface area (Å²) in [6.07, 6.45) is 1.68. The van der Waals surface area contributed by atoms with E-state index in [1.807, 2.05) is 0 Å². The van der Waals surface area contributed by atoms with Gasteiger partial charge in [-0.2, -0.15) is 0 Å². The minimum atomic E-state index is -0.207. The molecule has 0 saturated carbocycles. The van der Waals surface area contributed by atoms with Gasteiger partial charge in [-0.1, -0.05) is 22.6 Å². The maximum Gasteiger partial charge on any atom is 0.109 e. The summed E-state index contributed by atoms with van der Waals surface area (Å²) in [6, 6.07) is 0. The maximum atomic E-state index is 8.90. The molecule has 1 fully saturated rings. The molecule has 1 saturated heterocycles. The average Bonchev–Trinajstić information content (AvgIpc) is 1.77. The van der Waals surface area contributed by atoms with Crippen LogP contribution in [0, 0.1) is 0 Å². The van der Waals surface area contributed by atoms with Crippen molar-refractivity contribution in [3.8, 4) is 0 Å². The Morgan fingerprint density at radius 2 is 2.25 bits per heavy atom. The lowest BCUT2D eigenvalue weighted by Gasteiger charge is -2.21. The summed E-state index contributed by atoms with van der Waals surface area (Å²) in [6.45, 7) is 0.521. The number of rotatable bonds is 0. The molecule has 0 aromatic heterocycles. The van der Waals surface area contributed by atoms with Gasteiger partial charge in [-0.3, -0.25) is 0 Å². The maximum absolute atomic E-state index is 8.90. The third kappa shape index (κ3) is 1.87. The highest BCUT2D eigenvalue weighted by Gasteiger charge is 2.16. The van der Waals surface area contributed by atoms with E-state index < -0.39 is 0 Å². The SMILES string of the molecule is OC1CCC(I)OC1. The van der Waals surface area contributed by atoms with E-state index in [0.29, 0.717) is 10.7 Å². The number of hydrogen-bond acceptors (Lipinski definition) is 2. The lowest BCUT2D eigenvalue weighted by Crippen LogP contribution is -2.25. The molecule has 2 nitrogen and oxygen atoms in total. The van der Waals surface area contributed by atoms with E-state index in [0.717, 1.165) is 12.8 Å². The second-order valence-electron chi connectivity index (χ2n) is 1.97. The van der Waals surface area contributed by atoms with Crippen LogP contribution in [0.1, 0.15) is 12.8 Å². The summed E-state index contributed by atoms with van der Waals surface area (Å²) in [5.74, 6) is 0. The van der Waals surface area contributed by atoms with Gasteiger partial charge >= 0.3 is 0 Å². The Morgan fingerprint density at radius 1 is 1.50 bits per heavy atom. The van der Waals surface area contributed by atoms with Gasteiger partial charge in [0, 0.05) is 0 Å². The van der Waals surface area contributed by atoms with Crippen molar-refractivity contribution in [1.29, 1.82) is 0 Å². The van der Waals surface area contributed by atoms with E-state index in [1.54, 1.807) is 0 Å². The van der Waals surface area contributed by atoms with Crippen molar-refractivity contribution in [2.45, 2.75) is 23.1 Å². The predicted molar refractivity (Wildman–Crippen MR) is 39.0 cm³/mol. The summed E-state index contributed by atoms with van der Waals surface area (Å²) in [4.78, 5) is 0. The van der Waals surface area contributed by atoms with Crippen LogP contribution in [-0.4, -0.2) is 21.9 Å². The first kappa shape index (κ1) is 6.77. The predicted octanol–water partition coefficient (Wildman–Crippen LogP) is 0.919. The Balaban J connectivity index is 2.19. The molecule has 2 unspecified atom stereocenters. The summed E-state index contributed by atoms with van der Waals surface area (Å²) in [7, 11) is 0. The van der Waals surface area contributed by atoms with Crippen molar-refractivity contribution in [3.63, 3.8) is 0 Å². The van der Waals surface area contributed by atoms with Crippen LogP contribution in [-0.2, 0) is 4.74 Å². The summed E-state index contributed by atoms with van der Waals surface area (Å²) < 4.78 is 5.46. The van der Waals surface area contributed by atoms with E-state index in [4.69, 9.17) is 9.84 Å². The van der Waals surface area contributed by atoms with Crippen molar-refractivity contribution >= 4 is 22.6 Å². The molecule has 0 aromatic rings. The Kier molecular flexibility index (Phi) is 2.52. The largest absolute Gasteiger partial charge is 0.391 e. The quantitative estimate of drug-likeness (QED) is 0.493. The van der Waals surface area contributed by atoms with E-state index in [2.05, 4.69) is 22.6 Å². The number of aliphatic hydroxyl groups is 1. The van der Waals surface area contributed by atoms with Crippen molar-refractivity contribution in [2.75, 3.05) is 6.61 Å². The van der Waals surface area contributed by atoms with Crippen LogP contribution in [0.3, 0.4) is 0 Å². The number of aliphatic hydroxyl groups excluding tert-OH is 1. The van der Waals surface area contributed by atoms with Crippen molar-refractivity contribution in [3.05, 3.63) is 0 Å². The molecule has 2 atom stereocenters. The van der Waals surface area contributed by atoms with Gasteiger partial charge in [-0.15, -0.1) is 0 Å². The van der Waals surface area contributed by atoms with Gasteiger partial charge in [0.25, 0.3) is 0 Å². The molecule has 0 radical (unpaired) electrons. The van der Waals surface area contributed by atoms with Crippen molar-refractivity contribution < 1.29 is 9.84 Å². The zero-order chi connectivity index (χ0) is 5.98. The smallest absolute Gasteiger partial charge is 0.109 e. The molecular formula is C5H9IO2. The van der Waals surface area contributed by atoms with E-state index in [9.17, 15) is 0 Å². The second-order valence-corrected chi connectivity index (χ2v) is 3.36. The third-order valence-corrected chi connectivity index (χ3v) is 2.18. The normalized spacial score (nSPS) is 39.8. The first-order valence-corrected chi connectivity index (χ1v) is 3.97. The van der Waals surface area contributed by atoms with Crippen LogP contribution in [0.2, 0.25) is 0 Å². The minimum absolute atomic E-state index is 0.207. The molecule has 1 heterocycles. The standard InChI is InChI=1S/C5H9IO2/c6-5-2-1-4(7)3-8-5/h4-5,7H,1-3H2. The molecule has 0 aromatic carbocycles. The zero-order valence-electron chi connectivity index (χ0n) is 4.51. The molecule has 1 aliphatic heterocycles. The molecule has 3 heteroatoms. The highest BCUT2D eigenvalue weighted by molar-refractivity contribution is 14.1. The topological polar surface area (TPSA) is 29.5 Å². The molecule has 1 aliphatic rings. The molecule has 1 N–H and O–H groups in total. The van der Waals surface area contributed by atoms with Crippen LogP contribution >= 0.6 is 22.6 Å². The van der Waals surface area contributed by atoms with Gasteiger partial charge in [0.15, 0.2) is 0 Å². The van der Waals surface area contributed by atoms with Gasteiger partial charge in [0.1, 0.15) is 4.11 Å². The van der Waals surface area contributed by atoms with E-state index >= 15 is 0 Å². The lowest BCUT2D eigenvalue weighted by atomic mass is 10.2. The monoisotopic (exact) mass is 228 g/mol. The number of ether oxygens (including phenoxy) is 1. The zero-order valence-corrected chi connectivity index (χ0v) is 6.67. The van der Waals surface area contributed by atoms with Gasteiger partial charge < -0.3 is 9.84 Å². The van der Waals surface area contributed by atoms with Crippen LogP contribution < -0.4 is 0 Å².